The van der Waals surface area contributed by atoms with Gasteiger partial charge in [0.15, 0.2) is 0 Å². The van der Waals surface area contributed by atoms with Crippen LogP contribution < -0.4 is 0 Å². The zero-order chi connectivity index (χ0) is 32.3. The summed E-state index contributed by atoms with van der Waals surface area (Å²) in [5.41, 5.74) is 3.66. The van der Waals surface area contributed by atoms with Gasteiger partial charge in [0.2, 0.25) is 0 Å². The van der Waals surface area contributed by atoms with Crippen LogP contribution in [0, 0.1) is 0 Å². The van der Waals surface area contributed by atoms with Crippen molar-refractivity contribution in [1.29, 1.82) is 0 Å². The van der Waals surface area contributed by atoms with E-state index in [1.165, 1.54) is 0 Å². The third-order valence-corrected chi connectivity index (χ3v) is 7.84. The molecule has 7 aromatic carbocycles. The summed E-state index contributed by atoms with van der Waals surface area (Å²) in [6.07, 6.45) is 0. The van der Waals surface area contributed by atoms with Crippen LogP contribution in [-0.4, -0.2) is 4.57 Å². The molecule has 9 aromatic rings. The molecule has 0 amide bonds. The Morgan fingerprint density at radius 3 is 1.65 bits per heavy atom. The molecule has 0 unspecified atom stereocenters. The van der Waals surface area contributed by atoms with Gasteiger partial charge in [-0.05, 0) is 52.2 Å². The van der Waals surface area contributed by atoms with E-state index >= 15 is 0 Å². The van der Waals surface area contributed by atoms with Crippen molar-refractivity contribution in [3.63, 3.8) is 0 Å². The maximum Gasteiger partial charge on any atom is 0.135 e. The minimum Gasteiger partial charge on any atom is -0.456 e. The van der Waals surface area contributed by atoms with Gasteiger partial charge in [-0.25, -0.2) is 0 Å². The first-order chi connectivity index (χ1) is 22.8. The molecule has 0 N–H and O–H groups in total. The Kier molecular flexibility index (Phi) is 3.22. The monoisotopic (exact) mass is 516 g/mol. The van der Waals surface area contributed by atoms with Crippen LogP contribution >= 0.6 is 0 Å². The van der Waals surface area contributed by atoms with Crippen molar-refractivity contribution in [2.24, 2.45) is 0 Å². The molecule has 0 aliphatic heterocycles. The Balaban J connectivity index is 1.50. The highest BCUT2D eigenvalue weighted by atomic mass is 16.3. The lowest BCUT2D eigenvalue weighted by molar-refractivity contribution is 0.669. The van der Waals surface area contributed by atoms with Crippen molar-refractivity contribution >= 4 is 65.3 Å². The molecule has 0 bridgehead atoms. The lowest BCUT2D eigenvalue weighted by Gasteiger charge is -2.19. The SMILES string of the molecule is [2H]c1c([2H])c([2H])c2c(oc3c([2H])c([2H])c(-c4c5ccccc5c(-n5c6ccccc6c6ccccc65)c5ccccc45)c([2H])c32)c1[2H]. The third kappa shape index (κ3) is 2.88. The van der Waals surface area contributed by atoms with Crippen LogP contribution in [0.25, 0.3) is 82.1 Å². The number of hydrogen-bond acceptors (Lipinski definition) is 1. The lowest BCUT2D eigenvalue weighted by atomic mass is 9.90. The molecule has 2 heteroatoms. The van der Waals surface area contributed by atoms with Crippen LogP contribution in [0.4, 0.5) is 0 Å². The Morgan fingerprint density at radius 2 is 1.00 bits per heavy atom. The van der Waals surface area contributed by atoms with Gasteiger partial charge < -0.3 is 8.98 Å². The smallest absolute Gasteiger partial charge is 0.135 e. The van der Waals surface area contributed by atoms with E-state index in [9.17, 15) is 2.74 Å². The first kappa shape index (κ1) is 15.9. The van der Waals surface area contributed by atoms with E-state index in [0.29, 0.717) is 5.56 Å². The van der Waals surface area contributed by atoms with E-state index < -0.39 is 12.1 Å². The fraction of sp³-hybridized carbons (Fsp3) is 0. The number of hydrogen-bond donors (Lipinski definition) is 0. The topological polar surface area (TPSA) is 18.1 Å². The molecular formula is C38H23NO. The fourth-order valence-corrected chi connectivity index (χ4v) is 6.21. The van der Waals surface area contributed by atoms with Crippen LogP contribution in [0.2, 0.25) is 0 Å². The third-order valence-electron chi connectivity index (χ3n) is 7.84. The molecule has 0 atom stereocenters. The van der Waals surface area contributed by atoms with Gasteiger partial charge >= 0.3 is 0 Å². The number of fused-ring (bicyclic) bond motifs is 8. The van der Waals surface area contributed by atoms with E-state index in [1.54, 1.807) is 0 Å². The van der Waals surface area contributed by atoms with Crippen molar-refractivity contribution in [3.8, 4) is 16.8 Å². The van der Waals surface area contributed by atoms with Crippen LogP contribution in [0.1, 0.15) is 9.60 Å². The number of aromatic nitrogens is 1. The number of para-hydroxylation sites is 3. The lowest BCUT2D eigenvalue weighted by Crippen LogP contribution is -1.99. The quantitative estimate of drug-likeness (QED) is 0.209. The molecule has 0 aliphatic rings. The summed E-state index contributed by atoms with van der Waals surface area (Å²) < 4.78 is 69.5. The molecule has 2 nitrogen and oxygen atoms in total. The highest BCUT2D eigenvalue weighted by Crippen LogP contribution is 2.44. The predicted molar refractivity (Wildman–Crippen MR) is 169 cm³/mol. The van der Waals surface area contributed by atoms with Crippen molar-refractivity contribution in [2.45, 2.75) is 0 Å². The molecule has 0 saturated carbocycles. The zero-order valence-electron chi connectivity index (χ0n) is 28.1. The van der Waals surface area contributed by atoms with E-state index in [0.717, 1.165) is 49.0 Å². The minimum atomic E-state index is -0.455. The molecule has 0 saturated heterocycles. The summed E-state index contributed by atoms with van der Waals surface area (Å²) in [5, 5.41) is 5.78. The van der Waals surface area contributed by atoms with Gasteiger partial charge in [0, 0.05) is 32.3 Å². The number of benzene rings is 7. The number of nitrogens with zero attached hydrogens (tertiary/aromatic N) is 1. The van der Waals surface area contributed by atoms with Gasteiger partial charge in [-0.3, -0.25) is 0 Å². The number of furan rings is 1. The van der Waals surface area contributed by atoms with Crippen LogP contribution in [0.15, 0.2) is 144 Å². The fourth-order valence-electron chi connectivity index (χ4n) is 6.21. The minimum absolute atomic E-state index is 0.0428. The van der Waals surface area contributed by atoms with E-state index in [1.807, 2.05) is 72.8 Å². The molecule has 0 spiro atoms. The molecule has 0 fully saturated rings. The van der Waals surface area contributed by atoms with Crippen molar-refractivity contribution in [2.75, 3.05) is 0 Å². The highest BCUT2D eigenvalue weighted by Gasteiger charge is 2.20. The molecule has 0 radical (unpaired) electrons. The maximum atomic E-state index is 9.54. The van der Waals surface area contributed by atoms with Gasteiger partial charge in [-0.1, -0.05) is 109 Å². The summed E-state index contributed by atoms with van der Waals surface area (Å²) in [6, 6.07) is 30.2. The average Bonchev–Trinajstić information content (AvgIpc) is 3.66. The summed E-state index contributed by atoms with van der Waals surface area (Å²) >= 11 is 0. The molecule has 2 aromatic heterocycles. The van der Waals surface area contributed by atoms with Crippen molar-refractivity contribution < 1.29 is 14.0 Å². The Hall–Kier alpha value is -5.34. The van der Waals surface area contributed by atoms with E-state index in [-0.39, 0.29) is 57.7 Å². The van der Waals surface area contributed by atoms with Gasteiger partial charge in [0.1, 0.15) is 11.2 Å². The normalized spacial score (nSPS) is 14.4. The molecular weight excluding hydrogens is 486 g/mol. The van der Waals surface area contributed by atoms with Gasteiger partial charge in [0.05, 0.1) is 26.3 Å². The Labute approximate surface area is 240 Å². The second-order valence-electron chi connectivity index (χ2n) is 9.94. The largest absolute Gasteiger partial charge is 0.456 e. The summed E-state index contributed by atoms with van der Waals surface area (Å²) in [4.78, 5) is 0. The summed E-state index contributed by atoms with van der Waals surface area (Å²) in [7, 11) is 0. The Morgan fingerprint density at radius 1 is 0.475 bits per heavy atom. The standard InChI is InChI=1S/C38H23NO/c1-3-16-30-28(14-1)37(24-21-22-36-32(23-24)27-13-7-10-20-35(27)40-36)29-15-2-4-17-31(29)38(30)39-33-18-8-5-11-25(33)26-12-6-9-19-34(26)39/h1-23H/i7D,10D,13D,20D,21D,22D,23D. The van der Waals surface area contributed by atoms with Crippen LogP contribution in [0.5, 0.6) is 0 Å². The van der Waals surface area contributed by atoms with Gasteiger partial charge in [0.25, 0.3) is 0 Å². The van der Waals surface area contributed by atoms with E-state index in [2.05, 4.69) is 28.8 Å². The highest BCUT2D eigenvalue weighted by molar-refractivity contribution is 6.21. The Bertz CT molecular complexity index is 2720. The van der Waals surface area contributed by atoms with Gasteiger partial charge in [-0.2, -0.15) is 0 Å². The van der Waals surface area contributed by atoms with Gasteiger partial charge in [-0.15, -0.1) is 0 Å². The molecule has 40 heavy (non-hydrogen) atoms. The second kappa shape index (κ2) is 8.08. The van der Waals surface area contributed by atoms with Crippen LogP contribution in [-0.2, 0) is 0 Å². The first-order valence-electron chi connectivity index (χ1n) is 16.6. The molecule has 2 heterocycles. The van der Waals surface area contributed by atoms with Crippen molar-refractivity contribution in [3.05, 3.63) is 139 Å². The van der Waals surface area contributed by atoms with E-state index in [4.69, 9.17) is 11.3 Å². The summed E-state index contributed by atoms with van der Waals surface area (Å²) in [5.74, 6) is 0. The number of rotatable bonds is 2. The molecule has 0 aliphatic carbocycles. The molecule has 186 valence electrons. The summed E-state index contributed by atoms with van der Waals surface area (Å²) in [6.45, 7) is 0. The predicted octanol–water partition coefficient (Wildman–Crippen LogP) is 10.7. The zero-order valence-corrected chi connectivity index (χ0v) is 21.1. The second-order valence-corrected chi connectivity index (χ2v) is 9.94. The van der Waals surface area contributed by atoms with Crippen LogP contribution in [0.3, 0.4) is 0 Å². The first-order valence-corrected chi connectivity index (χ1v) is 13.1. The molecule has 9 rings (SSSR count). The average molecular weight is 517 g/mol. The van der Waals surface area contributed by atoms with Crippen molar-refractivity contribution in [1.82, 2.24) is 4.57 Å². The maximum absolute atomic E-state index is 9.54.